The summed E-state index contributed by atoms with van der Waals surface area (Å²) in [5.74, 6) is -0.194. The number of hydrogen-bond donors (Lipinski definition) is 2. The summed E-state index contributed by atoms with van der Waals surface area (Å²) in [4.78, 5) is 11.9. The molecule has 4 heteroatoms. The Hall–Kier alpha value is -2.10. The zero-order valence-corrected chi connectivity index (χ0v) is 11.6. The summed E-state index contributed by atoms with van der Waals surface area (Å²) >= 11 is 5.80. The lowest BCUT2D eigenvalue weighted by molar-refractivity contribution is -0.111. The molecule has 0 saturated carbocycles. The van der Waals surface area contributed by atoms with Crippen LogP contribution in [0.1, 0.15) is 11.1 Å². The Morgan fingerprint density at radius 2 is 1.85 bits per heavy atom. The third-order valence-corrected chi connectivity index (χ3v) is 3.04. The van der Waals surface area contributed by atoms with Gasteiger partial charge in [-0.3, -0.25) is 4.79 Å². The van der Waals surface area contributed by atoms with E-state index in [2.05, 4.69) is 5.32 Å². The van der Waals surface area contributed by atoms with Gasteiger partial charge in [-0.25, -0.2) is 0 Å². The minimum absolute atomic E-state index is 0.194. The first-order valence-corrected chi connectivity index (χ1v) is 6.59. The lowest BCUT2D eigenvalue weighted by atomic mass is 10.1. The molecule has 20 heavy (non-hydrogen) atoms. The van der Waals surface area contributed by atoms with Crippen LogP contribution in [0.3, 0.4) is 0 Å². The van der Waals surface area contributed by atoms with E-state index in [-0.39, 0.29) is 5.91 Å². The van der Waals surface area contributed by atoms with Gasteiger partial charge in [0.25, 0.3) is 0 Å². The van der Waals surface area contributed by atoms with E-state index in [4.69, 9.17) is 17.3 Å². The Bertz CT molecular complexity index is 621. The third-order valence-electron chi connectivity index (χ3n) is 2.79. The van der Waals surface area contributed by atoms with Crippen LogP contribution < -0.4 is 11.1 Å². The fourth-order valence-electron chi connectivity index (χ4n) is 1.74. The predicted octanol–water partition coefficient (Wildman–Crippen LogP) is 3.45. The quantitative estimate of drug-likeness (QED) is 0.846. The molecule has 3 N–H and O–H groups in total. The molecule has 0 atom stereocenters. The second-order valence-corrected chi connectivity index (χ2v) is 4.67. The molecule has 0 bridgehead atoms. The van der Waals surface area contributed by atoms with E-state index >= 15 is 0 Å². The van der Waals surface area contributed by atoms with Gasteiger partial charge in [0.1, 0.15) is 0 Å². The van der Waals surface area contributed by atoms with Gasteiger partial charge in [0.05, 0.1) is 0 Å². The Balaban J connectivity index is 2.03. The highest BCUT2D eigenvalue weighted by atomic mass is 35.5. The molecule has 1 amide bonds. The third kappa shape index (κ3) is 3.95. The van der Waals surface area contributed by atoms with Gasteiger partial charge < -0.3 is 11.1 Å². The normalized spacial score (nSPS) is 10.7. The number of amides is 1. The van der Waals surface area contributed by atoms with Crippen molar-refractivity contribution in [2.24, 2.45) is 5.73 Å². The summed E-state index contributed by atoms with van der Waals surface area (Å²) in [6.07, 6.45) is 3.22. The van der Waals surface area contributed by atoms with Gasteiger partial charge in [-0.15, -0.1) is 0 Å². The van der Waals surface area contributed by atoms with Crippen LogP contribution in [0.15, 0.2) is 54.6 Å². The predicted molar refractivity (Wildman–Crippen MR) is 83.4 cm³/mol. The van der Waals surface area contributed by atoms with Gasteiger partial charge in [-0.2, -0.15) is 0 Å². The van der Waals surface area contributed by atoms with Crippen LogP contribution in [0, 0.1) is 0 Å². The SMILES string of the molecule is NCc1ccccc1NC(=O)C=Cc1ccc(Cl)cc1. The Morgan fingerprint density at radius 1 is 1.15 bits per heavy atom. The molecule has 0 fully saturated rings. The minimum Gasteiger partial charge on any atom is -0.326 e. The highest BCUT2D eigenvalue weighted by Crippen LogP contribution is 2.14. The number of carbonyl (C=O) groups excluding carboxylic acids is 1. The van der Waals surface area contributed by atoms with Crippen molar-refractivity contribution in [3.63, 3.8) is 0 Å². The fraction of sp³-hybridized carbons (Fsp3) is 0.0625. The van der Waals surface area contributed by atoms with Crippen molar-refractivity contribution in [1.29, 1.82) is 0 Å². The van der Waals surface area contributed by atoms with Crippen molar-refractivity contribution in [3.8, 4) is 0 Å². The van der Waals surface area contributed by atoms with Crippen molar-refractivity contribution < 1.29 is 4.79 Å². The lowest BCUT2D eigenvalue weighted by Crippen LogP contribution is -2.11. The van der Waals surface area contributed by atoms with Crippen LogP contribution in [0.5, 0.6) is 0 Å². The van der Waals surface area contributed by atoms with Crippen molar-refractivity contribution in [2.75, 3.05) is 5.32 Å². The number of halogens is 1. The fourth-order valence-corrected chi connectivity index (χ4v) is 1.87. The average Bonchev–Trinajstić information content (AvgIpc) is 2.47. The molecular weight excluding hydrogens is 272 g/mol. The standard InChI is InChI=1S/C16H15ClN2O/c17-14-8-5-12(6-9-14)7-10-16(20)19-15-4-2-1-3-13(15)11-18/h1-10H,11,18H2,(H,19,20). The zero-order chi connectivity index (χ0) is 14.4. The highest BCUT2D eigenvalue weighted by molar-refractivity contribution is 6.30. The first-order chi connectivity index (χ1) is 9.69. The van der Waals surface area contributed by atoms with E-state index < -0.39 is 0 Å². The number of para-hydroxylation sites is 1. The smallest absolute Gasteiger partial charge is 0.248 e. The van der Waals surface area contributed by atoms with Crippen LogP contribution in [-0.2, 0) is 11.3 Å². The van der Waals surface area contributed by atoms with Gasteiger partial charge in [0, 0.05) is 23.3 Å². The summed E-state index contributed by atoms with van der Waals surface area (Å²) in [6.45, 7) is 0.386. The highest BCUT2D eigenvalue weighted by Gasteiger charge is 2.02. The Labute approximate surface area is 123 Å². The summed E-state index contributed by atoms with van der Waals surface area (Å²) < 4.78 is 0. The molecule has 0 unspecified atom stereocenters. The number of anilines is 1. The summed E-state index contributed by atoms with van der Waals surface area (Å²) in [5, 5.41) is 3.48. The summed E-state index contributed by atoms with van der Waals surface area (Å²) in [7, 11) is 0. The van der Waals surface area contributed by atoms with Crippen LogP contribution >= 0.6 is 11.6 Å². The van der Waals surface area contributed by atoms with Crippen molar-refractivity contribution in [2.45, 2.75) is 6.54 Å². The van der Waals surface area contributed by atoms with Crippen LogP contribution in [0.25, 0.3) is 6.08 Å². The van der Waals surface area contributed by atoms with Crippen LogP contribution in [0.4, 0.5) is 5.69 Å². The lowest BCUT2D eigenvalue weighted by Gasteiger charge is -2.07. The Kier molecular flexibility index (Phi) is 4.93. The second kappa shape index (κ2) is 6.89. The summed E-state index contributed by atoms with van der Waals surface area (Å²) in [5.41, 5.74) is 8.18. The number of nitrogens with one attached hydrogen (secondary N) is 1. The van der Waals surface area contributed by atoms with Crippen molar-refractivity contribution in [1.82, 2.24) is 0 Å². The maximum absolute atomic E-state index is 11.9. The number of carbonyl (C=O) groups is 1. The molecule has 0 aliphatic heterocycles. The molecular formula is C16H15ClN2O. The molecule has 2 rings (SSSR count). The van der Waals surface area contributed by atoms with Gasteiger partial charge in [-0.05, 0) is 35.4 Å². The number of benzene rings is 2. The number of hydrogen-bond acceptors (Lipinski definition) is 2. The topological polar surface area (TPSA) is 55.1 Å². The van der Waals surface area contributed by atoms with E-state index in [1.54, 1.807) is 18.2 Å². The number of nitrogens with two attached hydrogens (primary N) is 1. The maximum atomic E-state index is 11.9. The zero-order valence-electron chi connectivity index (χ0n) is 10.8. The molecule has 3 nitrogen and oxygen atoms in total. The van der Waals surface area contributed by atoms with Gasteiger partial charge >= 0.3 is 0 Å². The van der Waals surface area contributed by atoms with Crippen molar-refractivity contribution >= 4 is 29.3 Å². The average molecular weight is 287 g/mol. The second-order valence-electron chi connectivity index (χ2n) is 4.24. The summed E-state index contributed by atoms with van der Waals surface area (Å²) in [6, 6.07) is 14.7. The molecule has 2 aromatic rings. The van der Waals surface area contributed by atoms with E-state index in [0.717, 1.165) is 16.8 Å². The molecule has 0 spiro atoms. The van der Waals surface area contributed by atoms with E-state index in [9.17, 15) is 4.79 Å². The van der Waals surface area contributed by atoms with E-state index in [1.165, 1.54) is 6.08 Å². The molecule has 0 aliphatic carbocycles. The van der Waals surface area contributed by atoms with Gasteiger partial charge in [0.2, 0.25) is 5.91 Å². The van der Waals surface area contributed by atoms with Gasteiger partial charge in [-0.1, -0.05) is 41.9 Å². The molecule has 0 aliphatic rings. The van der Waals surface area contributed by atoms with E-state index in [0.29, 0.717) is 11.6 Å². The molecule has 0 saturated heterocycles. The van der Waals surface area contributed by atoms with Crippen LogP contribution in [-0.4, -0.2) is 5.91 Å². The minimum atomic E-state index is -0.194. The first-order valence-electron chi connectivity index (χ1n) is 6.21. The molecule has 0 radical (unpaired) electrons. The number of rotatable bonds is 4. The monoisotopic (exact) mass is 286 g/mol. The maximum Gasteiger partial charge on any atom is 0.248 e. The van der Waals surface area contributed by atoms with Crippen molar-refractivity contribution in [3.05, 3.63) is 70.8 Å². The van der Waals surface area contributed by atoms with E-state index in [1.807, 2.05) is 36.4 Å². The van der Waals surface area contributed by atoms with Gasteiger partial charge in [0.15, 0.2) is 0 Å². The molecule has 0 aromatic heterocycles. The molecule has 2 aromatic carbocycles. The molecule has 0 heterocycles. The molecule has 102 valence electrons. The van der Waals surface area contributed by atoms with Crippen LogP contribution in [0.2, 0.25) is 5.02 Å². The first kappa shape index (κ1) is 14.3. The Morgan fingerprint density at radius 3 is 2.55 bits per heavy atom. The largest absolute Gasteiger partial charge is 0.326 e.